The topological polar surface area (TPSA) is 15.3 Å². The summed E-state index contributed by atoms with van der Waals surface area (Å²) in [5, 5.41) is 3.55. The maximum atomic E-state index is 3.55. The predicted molar refractivity (Wildman–Crippen MR) is 68.3 cm³/mol. The van der Waals surface area contributed by atoms with Crippen molar-refractivity contribution in [1.29, 1.82) is 0 Å². The van der Waals surface area contributed by atoms with Crippen molar-refractivity contribution in [2.24, 2.45) is 0 Å². The summed E-state index contributed by atoms with van der Waals surface area (Å²) >= 11 is 3.52. The van der Waals surface area contributed by atoms with Gasteiger partial charge in [0.2, 0.25) is 0 Å². The van der Waals surface area contributed by atoms with E-state index in [2.05, 4.69) is 58.4 Å². The molecular formula is C12H17BrN2. The summed E-state index contributed by atoms with van der Waals surface area (Å²) in [7, 11) is 4.17. The Morgan fingerprint density at radius 1 is 1.40 bits per heavy atom. The maximum absolute atomic E-state index is 3.55. The predicted octanol–water partition coefficient (Wildman–Crippen LogP) is 2.77. The van der Waals surface area contributed by atoms with Gasteiger partial charge in [-0.1, -0.05) is 15.9 Å². The van der Waals surface area contributed by atoms with Gasteiger partial charge in [-0.2, -0.15) is 0 Å². The Morgan fingerprint density at radius 2 is 2.13 bits per heavy atom. The van der Waals surface area contributed by atoms with E-state index in [1.807, 2.05) is 0 Å². The summed E-state index contributed by atoms with van der Waals surface area (Å²) in [5.74, 6) is 0. The fourth-order valence-corrected chi connectivity index (χ4v) is 2.08. The van der Waals surface area contributed by atoms with Gasteiger partial charge in [0.15, 0.2) is 0 Å². The molecule has 0 unspecified atom stereocenters. The van der Waals surface area contributed by atoms with E-state index >= 15 is 0 Å². The Balaban J connectivity index is 2.13. The van der Waals surface area contributed by atoms with Gasteiger partial charge in [0.25, 0.3) is 0 Å². The molecule has 2 nitrogen and oxygen atoms in total. The number of anilines is 1. The highest BCUT2D eigenvalue weighted by atomic mass is 79.9. The molecular weight excluding hydrogens is 252 g/mol. The fraction of sp³-hybridized carbons (Fsp3) is 0.500. The first-order chi connectivity index (χ1) is 7.16. The van der Waals surface area contributed by atoms with Crippen molar-refractivity contribution >= 4 is 21.6 Å². The summed E-state index contributed by atoms with van der Waals surface area (Å²) < 4.78 is 1.15. The molecule has 2 rings (SSSR count). The molecule has 3 heteroatoms. The van der Waals surface area contributed by atoms with Crippen molar-refractivity contribution in [1.82, 2.24) is 5.32 Å². The van der Waals surface area contributed by atoms with Gasteiger partial charge in [-0.05, 0) is 36.6 Å². The lowest BCUT2D eigenvalue weighted by atomic mass is 10.1. The van der Waals surface area contributed by atoms with Crippen molar-refractivity contribution < 1.29 is 0 Å². The Hall–Kier alpha value is -0.540. The molecule has 1 fully saturated rings. The monoisotopic (exact) mass is 268 g/mol. The molecule has 1 aromatic rings. The van der Waals surface area contributed by atoms with E-state index < -0.39 is 0 Å². The normalized spacial score (nSPS) is 15.4. The molecule has 15 heavy (non-hydrogen) atoms. The molecule has 1 saturated carbocycles. The maximum Gasteiger partial charge on any atom is 0.0407 e. The van der Waals surface area contributed by atoms with Crippen LogP contribution in [0.25, 0.3) is 0 Å². The second-order valence-electron chi connectivity index (χ2n) is 4.32. The van der Waals surface area contributed by atoms with Gasteiger partial charge < -0.3 is 10.2 Å². The van der Waals surface area contributed by atoms with Gasteiger partial charge in [-0.15, -0.1) is 0 Å². The first-order valence-electron chi connectivity index (χ1n) is 5.36. The van der Waals surface area contributed by atoms with Crippen LogP contribution in [0.2, 0.25) is 0 Å². The highest BCUT2D eigenvalue weighted by Gasteiger charge is 2.20. The minimum absolute atomic E-state index is 0.763. The zero-order valence-electron chi connectivity index (χ0n) is 9.26. The average Bonchev–Trinajstić information content (AvgIpc) is 2.97. The van der Waals surface area contributed by atoms with E-state index in [1.165, 1.54) is 24.1 Å². The van der Waals surface area contributed by atoms with Crippen LogP contribution in [0.3, 0.4) is 0 Å². The van der Waals surface area contributed by atoms with Crippen LogP contribution in [0.4, 0.5) is 5.69 Å². The standard InChI is InChI=1S/C12H17BrN2/c1-15(2)12-6-3-10(13)7-9(12)8-14-11-4-5-11/h3,6-7,11,14H,4-5,8H2,1-2H3. The molecule has 0 aromatic heterocycles. The molecule has 1 aromatic carbocycles. The zero-order valence-corrected chi connectivity index (χ0v) is 10.8. The summed E-state index contributed by atoms with van der Waals surface area (Å²) in [4.78, 5) is 2.16. The number of benzene rings is 1. The van der Waals surface area contributed by atoms with Gasteiger partial charge in [-0.25, -0.2) is 0 Å². The van der Waals surface area contributed by atoms with Crippen molar-refractivity contribution in [3.8, 4) is 0 Å². The molecule has 0 amide bonds. The Morgan fingerprint density at radius 3 is 2.73 bits per heavy atom. The van der Waals surface area contributed by atoms with Crippen LogP contribution in [-0.2, 0) is 6.54 Å². The molecule has 0 radical (unpaired) electrons. The second kappa shape index (κ2) is 4.54. The number of nitrogens with zero attached hydrogens (tertiary/aromatic N) is 1. The smallest absolute Gasteiger partial charge is 0.0407 e. The molecule has 0 spiro atoms. The van der Waals surface area contributed by atoms with E-state index in [9.17, 15) is 0 Å². The van der Waals surface area contributed by atoms with Gasteiger partial charge in [0.05, 0.1) is 0 Å². The van der Waals surface area contributed by atoms with Crippen molar-refractivity contribution in [2.45, 2.75) is 25.4 Å². The Kier molecular flexibility index (Phi) is 3.32. The van der Waals surface area contributed by atoms with Crippen molar-refractivity contribution in [3.05, 3.63) is 28.2 Å². The van der Waals surface area contributed by atoms with Crippen LogP contribution in [0.15, 0.2) is 22.7 Å². The van der Waals surface area contributed by atoms with Crippen LogP contribution in [0.5, 0.6) is 0 Å². The Bertz CT molecular complexity index is 345. The number of nitrogens with one attached hydrogen (secondary N) is 1. The number of hydrogen-bond donors (Lipinski definition) is 1. The van der Waals surface area contributed by atoms with Crippen LogP contribution in [0, 0.1) is 0 Å². The van der Waals surface area contributed by atoms with Gasteiger partial charge >= 0.3 is 0 Å². The molecule has 1 aliphatic rings. The summed E-state index contributed by atoms with van der Waals surface area (Å²) in [5.41, 5.74) is 2.66. The summed E-state index contributed by atoms with van der Waals surface area (Å²) in [6, 6.07) is 7.22. The number of halogens is 1. The summed E-state index contributed by atoms with van der Waals surface area (Å²) in [6.07, 6.45) is 2.68. The first kappa shape index (κ1) is 11.0. The highest BCUT2D eigenvalue weighted by molar-refractivity contribution is 9.10. The lowest BCUT2D eigenvalue weighted by molar-refractivity contribution is 0.687. The van der Waals surface area contributed by atoms with Crippen LogP contribution >= 0.6 is 15.9 Å². The third-order valence-corrected chi connectivity index (χ3v) is 3.18. The minimum Gasteiger partial charge on any atom is -0.377 e. The molecule has 0 atom stereocenters. The van der Waals surface area contributed by atoms with Crippen LogP contribution < -0.4 is 10.2 Å². The minimum atomic E-state index is 0.763. The Labute approximate surface area is 99.8 Å². The molecule has 1 N–H and O–H groups in total. The third kappa shape index (κ3) is 2.95. The number of rotatable bonds is 4. The molecule has 0 bridgehead atoms. The van der Waals surface area contributed by atoms with Crippen LogP contribution in [0.1, 0.15) is 18.4 Å². The van der Waals surface area contributed by atoms with E-state index in [4.69, 9.17) is 0 Å². The number of hydrogen-bond acceptors (Lipinski definition) is 2. The van der Waals surface area contributed by atoms with Crippen molar-refractivity contribution in [3.63, 3.8) is 0 Å². The lowest BCUT2D eigenvalue weighted by Gasteiger charge is -2.18. The third-order valence-electron chi connectivity index (χ3n) is 2.68. The fourth-order valence-electron chi connectivity index (χ4n) is 1.67. The molecule has 0 aliphatic heterocycles. The largest absolute Gasteiger partial charge is 0.377 e. The quantitative estimate of drug-likeness (QED) is 0.904. The second-order valence-corrected chi connectivity index (χ2v) is 5.24. The molecule has 1 aliphatic carbocycles. The molecule has 0 saturated heterocycles. The first-order valence-corrected chi connectivity index (χ1v) is 6.15. The van der Waals surface area contributed by atoms with Crippen molar-refractivity contribution in [2.75, 3.05) is 19.0 Å². The van der Waals surface area contributed by atoms with E-state index in [1.54, 1.807) is 0 Å². The van der Waals surface area contributed by atoms with Crippen LogP contribution in [-0.4, -0.2) is 20.1 Å². The highest BCUT2D eigenvalue weighted by Crippen LogP contribution is 2.25. The van der Waals surface area contributed by atoms with Gasteiger partial charge in [0.1, 0.15) is 0 Å². The van der Waals surface area contributed by atoms with E-state index in [-0.39, 0.29) is 0 Å². The molecule has 0 heterocycles. The molecule has 82 valence electrons. The SMILES string of the molecule is CN(C)c1ccc(Br)cc1CNC1CC1. The van der Waals surface area contributed by atoms with E-state index in [0.29, 0.717) is 0 Å². The summed E-state index contributed by atoms with van der Waals surface area (Å²) in [6.45, 7) is 0.970. The van der Waals surface area contributed by atoms with E-state index in [0.717, 1.165) is 17.1 Å². The van der Waals surface area contributed by atoms with Gasteiger partial charge in [-0.3, -0.25) is 0 Å². The zero-order chi connectivity index (χ0) is 10.8. The van der Waals surface area contributed by atoms with Gasteiger partial charge in [0, 0.05) is 36.8 Å². The lowest BCUT2D eigenvalue weighted by Crippen LogP contribution is -2.19. The average molecular weight is 269 g/mol.